The van der Waals surface area contributed by atoms with Gasteiger partial charge in [0, 0.05) is 25.7 Å². The molecule has 0 aromatic rings. The lowest BCUT2D eigenvalue weighted by molar-refractivity contribution is -0.161. The molecule has 19 heteroatoms. The fraction of sp³-hybridized carbons (Fsp3) is 0.944. The fourth-order valence-corrected chi connectivity index (χ4v) is 12.3. The van der Waals surface area contributed by atoms with Gasteiger partial charge in [-0.15, -0.1) is 0 Å². The van der Waals surface area contributed by atoms with E-state index in [2.05, 4.69) is 41.5 Å². The predicted octanol–water partition coefficient (Wildman–Crippen LogP) is 20.4. The summed E-state index contributed by atoms with van der Waals surface area (Å²) in [5.41, 5.74) is 0. The van der Waals surface area contributed by atoms with Gasteiger partial charge in [0.25, 0.3) is 0 Å². The lowest BCUT2D eigenvalue weighted by Crippen LogP contribution is -2.30. The summed E-state index contributed by atoms with van der Waals surface area (Å²) in [5.74, 6) is -0.596. The molecule has 0 saturated carbocycles. The molecule has 0 fully saturated rings. The fourth-order valence-electron chi connectivity index (χ4n) is 10.8. The molecule has 5 atom stereocenters. The van der Waals surface area contributed by atoms with Crippen molar-refractivity contribution in [3.05, 3.63) is 0 Å². The minimum atomic E-state index is -4.95. The highest BCUT2D eigenvalue weighted by Crippen LogP contribution is 2.45. The van der Waals surface area contributed by atoms with Gasteiger partial charge in [-0.05, 0) is 37.5 Å². The number of phosphoric ester groups is 2. The molecule has 0 saturated heterocycles. The van der Waals surface area contributed by atoms with Crippen molar-refractivity contribution in [1.82, 2.24) is 0 Å². The number of aliphatic hydroxyl groups excluding tert-OH is 1. The van der Waals surface area contributed by atoms with Crippen molar-refractivity contribution < 1.29 is 80.2 Å². The van der Waals surface area contributed by atoms with E-state index < -0.39 is 97.5 Å². The first-order valence-electron chi connectivity index (χ1n) is 37.0. The van der Waals surface area contributed by atoms with E-state index in [1.54, 1.807) is 0 Å². The Bertz CT molecular complexity index is 1750. The molecule has 0 aromatic carbocycles. The third kappa shape index (κ3) is 64.8. The van der Waals surface area contributed by atoms with Crippen LogP contribution in [0.3, 0.4) is 0 Å². The van der Waals surface area contributed by atoms with E-state index in [1.807, 2.05) is 0 Å². The van der Waals surface area contributed by atoms with Crippen LogP contribution in [-0.2, 0) is 65.4 Å². The van der Waals surface area contributed by atoms with E-state index in [1.165, 1.54) is 173 Å². The van der Waals surface area contributed by atoms with E-state index in [0.717, 1.165) is 108 Å². The molecule has 0 spiro atoms. The van der Waals surface area contributed by atoms with Crippen molar-refractivity contribution in [1.29, 1.82) is 0 Å². The Morgan fingerprint density at radius 3 is 0.756 bits per heavy atom. The number of hydrogen-bond donors (Lipinski definition) is 3. The average molecular weight is 1330 g/mol. The molecule has 0 bridgehead atoms. The zero-order valence-electron chi connectivity index (χ0n) is 58.4. The third-order valence-electron chi connectivity index (χ3n) is 16.5. The molecule has 0 aromatic heterocycles. The van der Waals surface area contributed by atoms with Crippen molar-refractivity contribution in [2.45, 2.75) is 381 Å². The van der Waals surface area contributed by atoms with E-state index in [9.17, 15) is 43.2 Å². The van der Waals surface area contributed by atoms with Crippen LogP contribution in [0.25, 0.3) is 0 Å². The molecule has 0 aliphatic rings. The number of rotatable bonds is 70. The van der Waals surface area contributed by atoms with Crippen LogP contribution >= 0.6 is 15.6 Å². The Labute approximate surface area is 549 Å². The number of unbranched alkanes of at least 4 members (excludes halogenated alkanes) is 40. The summed E-state index contributed by atoms with van der Waals surface area (Å²) in [6.45, 7) is 9.46. The number of carbonyl (C=O) groups is 4. The highest BCUT2D eigenvalue weighted by atomic mass is 31.2. The summed E-state index contributed by atoms with van der Waals surface area (Å²) in [5, 5.41) is 10.6. The minimum absolute atomic E-state index is 0.104. The van der Waals surface area contributed by atoms with Crippen LogP contribution in [0.2, 0.25) is 0 Å². The van der Waals surface area contributed by atoms with Crippen molar-refractivity contribution in [2.24, 2.45) is 11.8 Å². The molecule has 2 unspecified atom stereocenters. The average Bonchev–Trinajstić information content (AvgIpc) is 3.30. The quantitative estimate of drug-likeness (QED) is 0.0222. The third-order valence-corrected chi connectivity index (χ3v) is 18.4. The van der Waals surface area contributed by atoms with Gasteiger partial charge in [-0.2, -0.15) is 0 Å². The monoisotopic (exact) mass is 1320 g/mol. The second-order valence-electron chi connectivity index (χ2n) is 26.6. The summed E-state index contributed by atoms with van der Waals surface area (Å²) in [6, 6.07) is 0. The van der Waals surface area contributed by atoms with E-state index in [-0.39, 0.29) is 25.7 Å². The van der Waals surface area contributed by atoms with Crippen LogP contribution in [0.4, 0.5) is 0 Å². The van der Waals surface area contributed by atoms with Crippen LogP contribution in [0.1, 0.15) is 363 Å². The Morgan fingerprint density at radius 2 is 0.511 bits per heavy atom. The second kappa shape index (κ2) is 63.1. The highest BCUT2D eigenvalue weighted by Gasteiger charge is 2.30. The Hall–Kier alpha value is -1.94. The SMILES string of the molecule is CCCCCCCCCCCCCCCC(=O)OC[C@H](COP(=O)(O)OC[C@@H](O)COP(=O)(O)OC[C@@H](COC(=O)CCCCCCC)OC(=O)CCCCCCCCCCC(C)C)OC(=O)CCCCCCCCCCCCCCCCCCCCC(C)C. The number of phosphoric acid groups is 2. The largest absolute Gasteiger partial charge is 0.472 e. The molecular weight excluding hydrogens is 1190 g/mol. The maximum atomic E-state index is 13.0. The zero-order valence-corrected chi connectivity index (χ0v) is 60.2. The van der Waals surface area contributed by atoms with Gasteiger partial charge in [0.05, 0.1) is 26.4 Å². The summed E-state index contributed by atoms with van der Waals surface area (Å²) < 4.78 is 68.1. The molecule has 0 rings (SSSR count). The van der Waals surface area contributed by atoms with Crippen LogP contribution in [0.15, 0.2) is 0 Å². The molecule has 534 valence electrons. The molecule has 0 radical (unpaired) electrons. The van der Waals surface area contributed by atoms with Crippen LogP contribution in [0, 0.1) is 11.8 Å². The Morgan fingerprint density at radius 1 is 0.300 bits per heavy atom. The maximum Gasteiger partial charge on any atom is 0.472 e. The van der Waals surface area contributed by atoms with Gasteiger partial charge in [-0.3, -0.25) is 37.3 Å². The maximum absolute atomic E-state index is 13.0. The Kier molecular flexibility index (Phi) is 61.8. The lowest BCUT2D eigenvalue weighted by atomic mass is 10.0. The molecule has 0 heterocycles. The number of hydrogen-bond acceptors (Lipinski definition) is 15. The smallest absolute Gasteiger partial charge is 0.462 e. The van der Waals surface area contributed by atoms with Gasteiger partial charge < -0.3 is 33.8 Å². The normalized spacial score (nSPS) is 14.1. The molecule has 3 N–H and O–H groups in total. The van der Waals surface area contributed by atoms with E-state index in [4.69, 9.17) is 37.0 Å². The highest BCUT2D eigenvalue weighted by molar-refractivity contribution is 7.47. The first kappa shape index (κ1) is 88.1. The topological polar surface area (TPSA) is 237 Å². The molecule has 0 aliphatic carbocycles. The van der Waals surface area contributed by atoms with Gasteiger partial charge >= 0.3 is 39.5 Å². The van der Waals surface area contributed by atoms with Crippen molar-refractivity contribution in [3.63, 3.8) is 0 Å². The lowest BCUT2D eigenvalue weighted by Gasteiger charge is -2.21. The molecule has 0 amide bonds. The summed E-state index contributed by atoms with van der Waals surface area (Å²) in [4.78, 5) is 72.3. The zero-order chi connectivity index (χ0) is 66.5. The molecule has 0 aliphatic heterocycles. The van der Waals surface area contributed by atoms with Crippen LogP contribution in [-0.4, -0.2) is 96.7 Å². The van der Waals surface area contributed by atoms with Crippen LogP contribution in [0.5, 0.6) is 0 Å². The molecule has 17 nitrogen and oxygen atoms in total. The molecular formula is C71H138O17P2. The first-order chi connectivity index (χ1) is 43.4. The van der Waals surface area contributed by atoms with Crippen molar-refractivity contribution in [3.8, 4) is 0 Å². The number of ether oxygens (including phenoxy) is 4. The van der Waals surface area contributed by atoms with E-state index >= 15 is 0 Å². The second-order valence-corrected chi connectivity index (χ2v) is 29.5. The Balaban J connectivity index is 5.11. The standard InChI is InChI=1S/C71H138O17P2/c1-7-9-11-13-14-15-16-23-27-30-36-42-48-54-69(74)82-60-67(88-70(75)55-49-43-37-31-28-25-22-20-18-17-19-21-24-26-29-34-40-45-51-63(3)4)62-86-90(79,80)84-58-65(72)57-83-89(77,78)85-61-66(59-81-68(73)53-47-39-12-10-8-2)87-71(76)56-50-44-38-33-32-35-41-46-52-64(5)6/h63-67,72H,7-62H2,1-6H3,(H,77,78)(H,79,80)/t65-,66+,67+/m0/s1. The van der Waals surface area contributed by atoms with Gasteiger partial charge in [0.15, 0.2) is 12.2 Å². The summed E-state index contributed by atoms with van der Waals surface area (Å²) in [7, 11) is -9.89. The van der Waals surface area contributed by atoms with Gasteiger partial charge in [-0.25, -0.2) is 9.13 Å². The van der Waals surface area contributed by atoms with Gasteiger partial charge in [-0.1, -0.05) is 311 Å². The van der Waals surface area contributed by atoms with Gasteiger partial charge in [0.1, 0.15) is 19.3 Å². The van der Waals surface area contributed by atoms with E-state index in [0.29, 0.717) is 25.7 Å². The van der Waals surface area contributed by atoms with Crippen molar-refractivity contribution in [2.75, 3.05) is 39.6 Å². The van der Waals surface area contributed by atoms with Gasteiger partial charge in [0.2, 0.25) is 0 Å². The predicted molar refractivity (Wildman–Crippen MR) is 363 cm³/mol. The first-order valence-corrected chi connectivity index (χ1v) is 40.0. The summed E-state index contributed by atoms with van der Waals surface area (Å²) >= 11 is 0. The number of esters is 4. The minimum Gasteiger partial charge on any atom is -0.462 e. The van der Waals surface area contributed by atoms with Crippen molar-refractivity contribution >= 4 is 39.5 Å². The number of carbonyl (C=O) groups excluding carboxylic acids is 4. The van der Waals surface area contributed by atoms with Crippen LogP contribution < -0.4 is 0 Å². The number of aliphatic hydroxyl groups is 1. The summed E-state index contributed by atoms with van der Waals surface area (Å²) in [6.07, 6.45) is 49.1. The molecule has 90 heavy (non-hydrogen) atoms.